The smallest absolute Gasteiger partial charge is 0.213 e. The third-order valence-corrected chi connectivity index (χ3v) is 6.79. The Morgan fingerprint density at radius 1 is 0.683 bits per heavy atom. The van der Waals surface area contributed by atoms with E-state index in [0.29, 0.717) is 35.4 Å². The predicted octanol–water partition coefficient (Wildman–Crippen LogP) is 8.35. The van der Waals surface area contributed by atoms with Crippen LogP contribution in [0.3, 0.4) is 0 Å². The summed E-state index contributed by atoms with van der Waals surface area (Å²) in [7, 11) is 0. The molecule has 0 saturated carbocycles. The quantitative estimate of drug-likeness (QED) is 0.162. The monoisotopic (exact) mass is 680 g/mol. The number of halogens is 4. The van der Waals surface area contributed by atoms with Gasteiger partial charge in [-0.3, -0.25) is 9.37 Å². The molecule has 0 fully saturated rings. The number of hydrogen-bond donors (Lipinski definition) is 2. The topological polar surface area (TPSA) is 101 Å². The van der Waals surface area contributed by atoms with Crippen LogP contribution in [0.1, 0.15) is 13.5 Å². The third kappa shape index (κ3) is 7.53. The normalized spacial score (nSPS) is 10.7. The molecule has 0 atom stereocenters. The fourth-order valence-corrected chi connectivity index (χ4v) is 4.72. The summed E-state index contributed by atoms with van der Waals surface area (Å²) in [5, 5.41) is 7.90. The zero-order valence-corrected chi connectivity index (χ0v) is 24.6. The van der Waals surface area contributed by atoms with E-state index in [-0.39, 0.29) is 8.10 Å². The number of hydrogen-bond acceptors (Lipinski definition) is 8. The molecule has 0 bridgehead atoms. The molecule has 0 aliphatic carbocycles. The van der Waals surface area contributed by atoms with E-state index in [1.54, 1.807) is 6.20 Å². The lowest BCUT2D eigenvalue weighted by molar-refractivity contribution is 0.471. The standard InChI is InChI=1S/C16H14BrFN4.C13H8BrFN4.H2/c17-11-3-1-4-13(7-11)22-16-14-8-12(5-2-6-18)19-9-15(14)20-10-21-16;14-8-2-1-3-9(4-8)19-13-10-5-12(15)16-6-11(10)17-7-18-13;/h1,3-4,7-10H,2,5-6H2,(H,20,21,22);1-7H,(H,17,18,19);1H. The summed E-state index contributed by atoms with van der Waals surface area (Å²) in [6.07, 6.45) is 7.10. The summed E-state index contributed by atoms with van der Waals surface area (Å²) in [4.78, 5) is 24.6. The van der Waals surface area contributed by atoms with Crippen molar-refractivity contribution in [2.24, 2.45) is 0 Å². The highest BCUT2D eigenvalue weighted by molar-refractivity contribution is 9.10. The summed E-state index contributed by atoms with van der Waals surface area (Å²) < 4.78 is 27.5. The molecule has 41 heavy (non-hydrogen) atoms. The minimum atomic E-state index is -0.556. The fourth-order valence-electron chi connectivity index (χ4n) is 3.93. The Bertz CT molecular complexity index is 1810. The molecule has 2 N–H and O–H groups in total. The van der Waals surface area contributed by atoms with Crippen molar-refractivity contribution < 1.29 is 10.2 Å². The summed E-state index contributed by atoms with van der Waals surface area (Å²) in [6.45, 7) is -0.339. The lowest BCUT2D eigenvalue weighted by Crippen LogP contribution is -1.98. The Balaban J connectivity index is 0.000000190. The van der Waals surface area contributed by atoms with Gasteiger partial charge in [-0.25, -0.2) is 24.9 Å². The summed E-state index contributed by atoms with van der Waals surface area (Å²) >= 11 is 6.84. The van der Waals surface area contributed by atoms with Crippen LogP contribution in [0.5, 0.6) is 0 Å². The molecule has 4 aromatic heterocycles. The molecule has 2 aromatic carbocycles. The zero-order valence-electron chi connectivity index (χ0n) is 21.4. The molecule has 0 aliphatic rings. The zero-order chi connectivity index (χ0) is 28.6. The van der Waals surface area contributed by atoms with Gasteiger partial charge in [-0.2, -0.15) is 4.39 Å². The predicted molar refractivity (Wildman–Crippen MR) is 166 cm³/mol. The number of alkyl halides is 1. The number of aryl methyl sites for hydroxylation is 1. The molecule has 6 aromatic rings. The van der Waals surface area contributed by atoms with Gasteiger partial charge in [0, 0.05) is 44.3 Å². The number of nitrogens with zero attached hydrogens (tertiary/aromatic N) is 6. The second-order valence-corrected chi connectivity index (χ2v) is 10.6. The molecular formula is C29H24Br2F2N8. The van der Waals surface area contributed by atoms with Crippen molar-refractivity contribution in [1.82, 2.24) is 29.9 Å². The first-order chi connectivity index (χ1) is 20.0. The van der Waals surface area contributed by atoms with Gasteiger partial charge in [0.25, 0.3) is 0 Å². The molecule has 208 valence electrons. The van der Waals surface area contributed by atoms with E-state index in [9.17, 15) is 8.78 Å². The molecule has 0 saturated heterocycles. The van der Waals surface area contributed by atoms with Crippen molar-refractivity contribution in [2.75, 3.05) is 17.3 Å². The first-order valence-electron chi connectivity index (χ1n) is 12.5. The Hall–Kier alpha value is -4.16. The van der Waals surface area contributed by atoms with Crippen LogP contribution in [0.25, 0.3) is 21.8 Å². The van der Waals surface area contributed by atoms with Crippen molar-refractivity contribution in [1.29, 1.82) is 0 Å². The van der Waals surface area contributed by atoms with E-state index in [4.69, 9.17) is 0 Å². The van der Waals surface area contributed by atoms with E-state index in [1.807, 2.05) is 54.6 Å². The van der Waals surface area contributed by atoms with Crippen LogP contribution in [0.15, 0.2) is 94.7 Å². The van der Waals surface area contributed by atoms with Crippen LogP contribution in [-0.4, -0.2) is 36.6 Å². The molecule has 12 heteroatoms. The van der Waals surface area contributed by atoms with Crippen LogP contribution in [0.2, 0.25) is 0 Å². The van der Waals surface area contributed by atoms with E-state index in [0.717, 1.165) is 36.9 Å². The van der Waals surface area contributed by atoms with Gasteiger partial charge >= 0.3 is 0 Å². The van der Waals surface area contributed by atoms with Crippen molar-refractivity contribution >= 4 is 76.7 Å². The second kappa shape index (κ2) is 13.5. The van der Waals surface area contributed by atoms with Gasteiger partial charge in [0.15, 0.2) is 0 Å². The third-order valence-electron chi connectivity index (χ3n) is 5.81. The van der Waals surface area contributed by atoms with Gasteiger partial charge in [0.2, 0.25) is 5.95 Å². The molecular weight excluding hydrogens is 658 g/mol. The first kappa shape index (κ1) is 28.4. The van der Waals surface area contributed by atoms with Crippen LogP contribution in [0.4, 0.5) is 31.8 Å². The van der Waals surface area contributed by atoms with E-state index in [2.05, 4.69) is 72.4 Å². The first-order valence-corrected chi connectivity index (χ1v) is 14.0. The maximum Gasteiger partial charge on any atom is 0.213 e. The van der Waals surface area contributed by atoms with Gasteiger partial charge in [-0.1, -0.05) is 44.0 Å². The minimum Gasteiger partial charge on any atom is -0.340 e. The molecule has 0 radical (unpaired) electrons. The van der Waals surface area contributed by atoms with E-state index in [1.165, 1.54) is 24.9 Å². The molecule has 4 heterocycles. The van der Waals surface area contributed by atoms with Gasteiger partial charge < -0.3 is 10.6 Å². The molecule has 0 spiro atoms. The summed E-state index contributed by atoms with van der Waals surface area (Å²) in [5.41, 5.74) is 3.98. The average molecular weight is 682 g/mol. The number of nitrogens with one attached hydrogen (secondary N) is 2. The molecule has 0 amide bonds. The van der Waals surface area contributed by atoms with Gasteiger partial charge in [0.05, 0.1) is 30.1 Å². The molecule has 8 nitrogen and oxygen atoms in total. The van der Waals surface area contributed by atoms with E-state index >= 15 is 0 Å². The van der Waals surface area contributed by atoms with Gasteiger partial charge in [0.1, 0.15) is 24.3 Å². The maximum atomic E-state index is 13.2. The number of fused-ring (bicyclic) bond motifs is 2. The number of aromatic nitrogens is 6. The SMILES string of the molecule is FCCCc1cc2c(Nc3cccc(Br)c3)ncnc2cn1.Fc1cc2c(Nc3cccc(Br)c3)ncnc2cn1.[HH]. The highest BCUT2D eigenvalue weighted by atomic mass is 79.9. The minimum absolute atomic E-state index is 0. The Kier molecular flexibility index (Phi) is 9.32. The highest BCUT2D eigenvalue weighted by Gasteiger charge is 2.08. The van der Waals surface area contributed by atoms with Gasteiger partial charge in [-0.15, -0.1) is 0 Å². The second-order valence-electron chi connectivity index (χ2n) is 8.72. The number of benzene rings is 2. The lowest BCUT2D eigenvalue weighted by Gasteiger charge is -2.09. The highest BCUT2D eigenvalue weighted by Crippen LogP contribution is 2.26. The largest absolute Gasteiger partial charge is 0.340 e. The van der Waals surface area contributed by atoms with Crippen molar-refractivity contribution in [3.8, 4) is 0 Å². The Morgan fingerprint density at radius 3 is 1.80 bits per heavy atom. The Morgan fingerprint density at radius 2 is 1.24 bits per heavy atom. The van der Waals surface area contributed by atoms with Crippen molar-refractivity contribution in [3.05, 3.63) is 106 Å². The van der Waals surface area contributed by atoms with Crippen LogP contribution in [0, 0.1) is 5.95 Å². The molecule has 0 unspecified atom stereocenters. The van der Waals surface area contributed by atoms with Crippen LogP contribution < -0.4 is 10.6 Å². The Labute approximate surface area is 252 Å². The summed E-state index contributed by atoms with van der Waals surface area (Å²) in [5.74, 6) is 0.705. The number of pyridine rings is 2. The number of rotatable bonds is 7. The van der Waals surface area contributed by atoms with Crippen molar-refractivity contribution in [3.63, 3.8) is 0 Å². The van der Waals surface area contributed by atoms with E-state index < -0.39 is 5.95 Å². The summed E-state index contributed by atoms with van der Waals surface area (Å²) in [6, 6.07) is 18.7. The molecule has 0 aliphatic heterocycles. The van der Waals surface area contributed by atoms with Crippen LogP contribution >= 0.6 is 31.9 Å². The maximum absolute atomic E-state index is 13.2. The van der Waals surface area contributed by atoms with Crippen LogP contribution in [-0.2, 0) is 6.42 Å². The average Bonchev–Trinajstić information content (AvgIpc) is 2.97. The lowest BCUT2D eigenvalue weighted by atomic mass is 10.2. The fraction of sp³-hybridized carbons (Fsp3) is 0.103. The van der Waals surface area contributed by atoms with Gasteiger partial charge in [-0.05, 0) is 55.3 Å². The number of anilines is 4. The molecule has 6 rings (SSSR count). The van der Waals surface area contributed by atoms with Crippen molar-refractivity contribution in [2.45, 2.75) is 12.8 Å².